The molecule has 2 amide bonds. The molecule has 0 saturated heterocycles. The van der Waals surface area contributed by atoms with Gasteiger partial charge in [0.2, 0.25) is 11.8 Å². The molecule has 0 aliphatic carbocycles. The Bertz CT molecular complexity index is 2180. The number of rotatable bonds is 8. The Morgan fingerprint density at radius 1 is 0.942 bits per heavy atom. The Morgan fingerprint density at radius 3 is 2.31 bits per heavy atom. The predicted octanol–water partition coefficient (Wildman–Crippen LogP) is 4.84. The van der Waals surface area contributed by atoms with Crippen LogP contribution >= 0.6 is 23.2 Å². The normalized spacial score (nSPS) is 18.2. The molecule has 1 aliphatic heterocycles. The molecule has 5 aromatic rings. The maximum Gasteiger partial charge on any atom is 0.330 e. The van der Waals surface area contributed by atoms with Gasteiger partial charge in [-0.15, -0.1) is 0 Å². The highest BCUT2D eigenvalue weighted by Gasteiger charge is 2.32. The van der Waals surface area contributed by atoms with Crippen LogP contribution in [-0.2, 0) is 32.0 Å². The van der Waals surface area contributed by atoms with Crippen LogP contribution in [0.15, 0.2) is 79.0 Å². The van der Waals surface area contributed by atoms with E-state index in [2.05, 4.69) is 20.9 Å². The average molecular weight is 747 g/mol. The number of fused-ring (bicyclic) bond motifs is 3. The molecule has 0 radical (unpaired) electrons. The zero-order valence-corrected chi connectivity index (χ0v) is 29.0. The van der Waals surface area contributed by atoms with E-state index in [0.717, 1.165) is 16.5 Å². The number of phenolic OH excluding ortho intramolecular Hbond substituents is 1. The van der Waals surface area contributed by atoms with Crippen molar-refractivity contribution >= 4 is 57.9 Å². The Morgan fingerprint density at radius 2 is 1.65 bits per heavy atom. The quantitative estimate of drug-likeness (QED) is 0.108. The Balaban J connectivity index is 1.46. The Labute approximate surface area is 306 Å². The maximum atomic E-state index is 14.0. The number of halogens is 2. The topological polar surface area (TPSA) is 216 Å². The summed E-state index contributed by atoms with van der Waals surface area (Å²) in [5.41, 5.74) is 9.99. The first-order valence-electron chi connectivity index (χ1n) is 16.0. The second-order valence-electron chi connectivity index (χ2n) is 12.3. The zero-order chi connectivity index (χ0) is 37.3. The molecule has 0 unspecified atom stereocenters. The monoisotopic (exact) mass is 745 g/mol. The number of aromatic nitrogens is 1. The van der Waals surface area contributed by atoms with Crippen LogP contribution in [0.5, 0.6) is 17.2 Å². The van der Waals surface area contributed by atoms with Crippen LogP contribution < -0.4 is 26.4 Å². The first kappa shape index (κ1) is 36.2. The number of carboxylic acids is 2. The van der Waals surface area contributed by atoms with Crippen molar-refractivity contribution in [1.82, 2.24) is 20.9 Å². The number of phenols is 1. The molecule has 15 heteroatoms. The molecule has 6 bridgehead atoms. The van der Waals surface area contributed by atoms with Gasteiger partial charge in [0, 0.05) is 17.1 Å². The summed E-state index contributed by atoms with van der Waals surface area (Å²) in [4.78, 5) is 55.1. The van der Waals surface area contributed by atoms with Gasteiger partial charge >= 0.3 is 11.9 Å². The van der Waals surface area contributed by atoms with Gasteiger partial charge in [-0.05, 0) is 90.2 Å². The molecule has 1 aromatic heterocycles. The summed E-state index contributed by atoms with van der Waals surface area (Å²) < 4.78 is 6.23. The van der Waals surface area contributed by atoms with E-state index < -0.39 is 53.7 Å². The molecule has 4 atom stereocenters. The van der Waals surface area contributed by atoms with E-state index in [4.69, 9.17) is 33.7 Å². The van der Waals surface area contributed by atoms with E-state index in [-0.39, 0.29) is 39.8 Å². The average Bonchev–Trinajstić information content (AvgIpc) is 3.52. The number of amides is 2. The molecular weight excluding hydrogens is 713 g/mol. The van der Waals surface area contributed by atoms with Gasteiger partial charge in [0.15, 0.2) is 11.8 Å². The molecule has 4 aromatic carbocycles. The SMILES string of the molecule is CN[C@@H](Cc1ccc(Oc2cc3cc(c2)[C@H](C(=O)O)NC(=O)[C@@H](c2cc(Cl)c(O)c(Cl)c2)NC(=O)[C@H](N)Cc2c[nH]c4c-3cccc24)cc1)C(=O)O. The molecule has 1 aliphatic rings. The van der Waals surface area contributed by atoms with Gasteiger partial charge in [-0.1, -0.05) is 53.5 Å². The summed E-state index contributed by atoms with van der Waals surface area (Å²) in [6.07, 6.45) is 2.07. The number of likely N-dealkylation sites (N-methyl/N-ethyl adjacent to an activating group) is 1. The molecule has 9 N–H and O–H groups in total. The highest BCUT2D eigenvalue weighted by Crippen LogP contribution is 2.38. The van der Waals surface area contributed by atoms with Crippen LogP contribution in [-0.4, -0.2) is 63.2 Å². The number of nitrogens with two attached hydrogens (primary N) is 1. The van der Waals surface area contributed by atoms with Crippen LogP contribution in [0.2, 0.25) is 10.0 Å². The summed E-state index contributed by atoms with van der Waals surface area (Å²) in [7, 11) is 1.57. The second kappa shape index (κ2) is 14.9. The van der Waals surface area contributed by atoms with Crippen LogP contribution in [0.4, 0.5) is 0 Å². The smallest absolute Gasteiger partial charge is 0.330 e. The number of aromatic hydroxyl groups is 1. The van der Waals surface area contributed by atoms with Crippen LogP contribution in [0.3, 0.4) is 0 Å². The first-order chi connectivity index (χ1) is 24.8. The molecule has 0 saturated carbocycles. The molecule has 0 fully saturated rings. The fraction of sp³-hybridized carbons (Fsp3) is 0.189. The summed E-state index contributed by atoms with van der Waals surface area (Å²) >= 11 is 12.3. The van der Waals surface area contributed by atoms with E-state index in [1.807, 2.05) is 18.2 Å². The molecule has 2 heterocycles. The maximum absolute atomic E-state index is 14.0. The van der Waals surface area contributed by atoms with Gasteiger partial charge in [-0.2, -0.15) is 0 Å². The van der Waals surface area contributed by atoms with Crippen molar-refractivity contribution in [2.75, 3.05) is 7.05 Å². The molecule has 13 nitrogen and oxygen atoms in total. The number of nitrogens with one attached hydrogen (secondary N) is 4. The van der Waals surface area contributed by atoms with E-state index in [1.54, 1.807) is 49.6 Å². The largest absolute Gasteiger partial charge is 0.505 e. The van der Waals surface area contributed by atoms with Gasteiger partial charge in [0.05, 0.1) is 21.6 Å². The number of benzene rings is 4. The molecule has 0 spiro atoms. The number of aliphatic carboxylic acids is 2. The number of carbonyl (C=O) groups is 4. The summed E-state index contributed by atoms with van der Waals surface area (Å²) in [6, 6.07) is 14.6. The minimum atomic E-state index is -1.65. The van der Waals surface area contributed by atoms with Crippen LogP contribution in [0, 0.1) is 0 Å². The lowest BCUT2D eigenvalue weighted by Gasteiger charge is -2.24. The van der Waals surface area contributed by atoms with E-state index >= 15 is 0 Å². The highest BCUT2D eigenvalue weighted by atomic mass is 35.5. The molecule has 268 valence electrons. The number of para-hydroxylation sites is 1. The Kier molecular flexibility index (Phi) is 10.4. The van der Waals surface area contributed by atoms with Crippen LogP contribution in [0.25, 0.3) is 22.0 Å². The highest BCUT2D eigenvalue weighted by molar-refractivity contribution is 6.37. The fourth-order valence-electron chi connectivity index (χ4n) is 6.15. The molecule has 6 rings (SSSR count). The third-order valence-corrected chi connectivity index (χ3v) is 9.43. The number of carbonyl (C=O) groups excluding carboxylic acids is 2. The van der Waals surface area contributed by atoms with Gasteiger partial charge in [-0.25, -0.2) is 4.79 Å². The van der Waals surface area contributed by atoms with Gasteiger partial charge in [0.25, 0.3) is 0 Å². The summed E-state index contributed by atoms with van der Waals surface area (Å²) in [5.74, 6) is -3.82. The van der Waals surface area contributed by atoms with E-state index in [1.165, 1.54) is 18.2 Å². The van der Waals surface area contributed by atoms with Crippen molar-refractivity contribution < 1.29 is 39.2 Å². The van der Waals surface area contributed by atoms with Crippen molar-refractivity contribution in [2.45, 2.75) is 37.0 Å². The lowest BCUT2D eigenvalue weighted by atomic mass is 9.96. The third kappa shape index (κ3) is 7.53. The fourth-order valence-corrected chi connectivity index (χ4v) is 6.65. The zero-order valence-electron chi connectivity index (χ0n) is 27.4. The van der Waals surface area contributed by atoms with E-state index in [9.17, 15) is 34.5 Å². The summed E-state index contributed by atoms with van der Waals surface area (Å²) in [6.45, 7) is 0. The van der Waals surface area contributed by atoms with Gasteiger partial charge < -0.3 is 46.7 Å². The minimum Gasteiger partial charge on any atom is -0.505 e. The van der Waals surface area contributed by atoms with Crippen LogP contribution in [0.1, 0.15) is 34.3 Å². The second-order valence-corrected chi connectivity index (χ2v) is 13.1. The summed E-state index contributed by atoms with van der Waals surface area (Å²) in [5, 5.41) is 38.3. The van der Waals surface area contributed by atoms with Crippen molar-refractivity contribution in [1.29, 1.82) is 0 Å². The number of aromatic amines is 1. The lowest BCUT2D eigenvalue weighted by Crippen LogP contribution is -2.48. The Hall–Kier alpha value is -5.60. The number of hydrogen-bond donors (Lipinski definition) is 8. The van der Waals surface area contributed by atoms with Gasteiger partial charge in [0.1, 0.15) is 23.6 Å². The predicted molar refractivity (Wildman–Crippen MR) is 194 cm³/mol. The lowest BCUT2D eigenvalue weighted by molar-refractivity contribution is -0.142. The molecular formula is C37H33Cl2N5O8. The first-order valence-corrected chi connectivity index (χ1v) is 16.8. The number of H-pyrrole nitrogens is 1. The van der Waals surface area contributed by atoms with E-state index in [0.29, 0.717) is 22.4 Å². The minimum absolute atomic E-state index is 0.0700. The number of carboxylic acid groups (broad SMARTS) is 2. The number of hydrogen-bond acceptors (Lipinski definition) is 8. The standard InChI is InChI=1S/C37H33Cl2N5O8/c1-41-29(36(48)49)9-17-5-7-22(8-6-17)52-23-11-18-10-19(12-23)31(37(50)51)44-35(47)30(20-13-26(38)33(45)27(39)14-20)43-34(46)28(40)15-21-16-42-32-24(18)3-2-4-25(21)32/h2-8,10-14,16,28-31,41-42,45H,9,15,40H2,1H3,(H,43,46)(H,44,47)(H,48,49)(H,50,51)/t28-,29+,30-,31-/m1/s1. The third-order valence-electron chi connectivity index (χ3n) is 8.85. The van der Waals surface area contributed by atoms with Crippen molar-refractivity contribution in [3.63, 3.8) is 0 Å². The molecule has 52 heavy (non-hydrogen) atoms. The van der Waals surface area contributed by atoms with Crippen molar-refractivity contribution in [3.05, 3.63) is 111 Å². The van der Waals surface area contributed by atoms with Gasteiger partial charge in [-0.3, -0.25) is 14.4 Å². The number of ether oxygens (including phenoxy) is 1. The van der Waals surface area contributed by atoms with Crippen molar-refractivity contribution in [3.8, 4) is 28.4 Å². The van der Waals surface area contributed by atoms with Crippen molar-refractivity contribution in [2.24, 2.45) is 5.73 Å².